The Labute approximate surface area is 77.8 Å². The van der Waals surface area contributed by atoms with Gasteiger partial charge in [-0.3, -0.25) is 0 Å². The first-order valence-electron chi connectivity index (χ1n) is 4.60. The van der Waals surface area contributed by atoms with Crippen molar-refractivity contribution in [2.45, 2.75) is 24.8 Å². The number of hydrogen-bond donors (Lipinski definition) is 1. The van der Waals surface area contributed by atoms with Crippen LogP contribution in [0.2, 0.25) is 0 Å². The molecule has 2 unspecified atom stereocenters. The van der Waals surface area contributed by atoms with E-state index in [4.69, 9.17) is 5.73 Å². The molecule has 0 bridgehead atoms. The van der Waals surface area contributed by atoms with Gasteiger partial charge in [0.2, 0.25) is 0 Å². The van der Waals surface area contributed by atoms with Crippen molar-refractivity contribution >= 4 is 6.29 Å². The summed E-state index contributed by atoms with van der Waals surface area (Å²) >= 11 is 0. The number of fused-ring (bicyclic) bond motifs is 1. The summed E-state index contributed by atoms with van der Waals surface area (Å²) in [5.74, 6) is 0.244. The van der Waals surface area contributed by atoms with Crippen LogP contribution < -0.4 is 5.73 Å². The maximum Gasteiger partial charge on any atom is 0.120 e. The van der Waals surface area contributed by atoms with Crippen LogP contribution in [0.1, 0.15) is 23.5 Å². The monoisotopic (exact) mass is 175 g/mol. The molecule has 0 fully saturated rings. The lowest BCUT2D eigenvalue weighted by Crippen LogP contribution is -2.25. The summed E-state index contributed by atoms with van der Waals surface area (Å²) in [6.07, 6.45) is 2.43. The van der Waals surface area contributed by atoms with E-state index in [0.29, 0.717) is 6.42 Å². The average molecular weight is 175 g/mol. The van der Waals surface area contributed by atoms with Gasteiger partial charge in [-0.25, -0.2) is 0 Å². The van der Waals surface area contributed by atoms with Crippen LogP contribution >= 0.6 is 0 Å². The molecule has 2 nitrogen and oxygen atoms in total. The fraction of sp³-hybridized carbons (Fsp3) is 0.364. The van der Waals surface area contributed by atoms with Gasteiger partial charge in [-0.05, 0) is 17.5 Å². The van der Waals surface area contributed by atoms with Crippen molar-refractivity contribution in [3.63, 3.8) is 0 Å². The molecule has 0 aliphatic heterocycles. The third-order valence-corrected chi connectivity index (χ3v) is 2.78. The number of aldehydes is 1. The van der Waals surface area contributed by atoms with E-state index in [0.717, 1.165) is 12.7 Å². The molecule has 68 valence electrons. The van der Waals surface area contributed by atoms with E-state index < -0.39 is 0 Å². The van der Waals surface area contributed by atoms with Crippen LogP contribution in [0.15, 0.2) is 24.3 Å². The molecule has 2 N–H and O–H groups in total. The average Bonchev–Trinajstić information content (AvgIpc) is 2.44. The zero-order valence-electron chi connectivity index (χ0n) is 7.44. The molecular weight excluding hydrogens is 162 g/mol. The van der Waals surface area contributed by atoms with Gasteiger partial charge in [0.05, 0.1) is 0 Å². The number of carbonyl (C=O) groups is 1. The van der Waals surface area contributed by atoms with E-state index in [1.54, 1.807) is 0 Å². The zero-order valence-corrected chi connectivity index (χ0v) is 7.44. The Morgan fingerprint density at radius 2 is 2.23 bits per heavy atom. The van der Waals surface area contributed by atoms with Crippen LogP contribution in [0.5, 0.6) is 0 Å². The molecule has 13 heavy (non-hydrogen) atoms. The fourth-order valence-electron chi connectivity index (χ4n) is 2.11. The van der Waals surface area contributed by atoms with Gasteiger partial charge in [-0.1, -0.05) is 24.3 Å². The van der Waals surface area contributed by atoms with E-state index in [9.17, 15) is 4.79 Å². The highest BCUT2D eigenvalue weighted by molar-refractivity contribution is 5.54. The Morgan fingerprint density at radius 1 is 1.46 bits per heavy atom. The van der Waals surface area contributed by atoms with Gasteiger partial charge in [-0.2, -0.15) is 0 Å². The summed E-state index contributed by atoms with van der Waals surface area (Å²) in [4.78, 5) is 10.5. The Kier molecular flexibility index (Phi) is 2.15. The van der Waals surface area contributed by atoms with Gasteiger partial charge in [-0.15, -0.1) is 0 Å². The quantitative estimate of drug-likeness (QED) is 0.687. The number of hydrogen-bond acceptors (Lipinski definition) is 2. The zero-order chi connectivity index (χ0) is 9.26. The lowest BCUT2D eigenvalue weighted by molar-refractivity contribution is -0.108. The Hall–Kier alpha value is -1.15. The molecule has 1 aliphatic carbocycles. The molecule has 1 aromatic rings. The molecule has 0 radical (unpaired) electrons. The van der Waals surface area contributed by atoms with E-state index in [-0.39, 0.29) is 12.0 Å². The summed E-state index contributed by atoms with van der Waals surface area (Å²) < 4.78 is 0. The summed E-state index contributed by atoms with van der Waals surface area (Å²) in [6, 6.07) is 8.34. The van der Waals surface area contributed by atoms with E-state index >= 15 is 0 Å². The van der Waals surface area contributed by atoms with Crippen LogP contribution in [0.3, 0.4) is 0 Å². The molecule has 0 spiro atoms. The predicted molar refractivity (Wildman–Crippen MR) is 51.5 cm³/mol. The van der Waals surface area contributed by atoms with Crippen molar-refractivity contribution in [1.82, 2.24) is 0 Å². The minimum atomic E-state index is 0.127. The maximum atomic E-state index is 10.5. The van der Waals surface area contributed by atoms with Crippen LogP contribution in [-0.4, -0.2) is 12.3 Å². The van der Waals surface area contributed by atoms with Crippen molar-refractivity contribution in [2.75, 3.05) is 0 Å². The standard InChI is InChI=1S/C11H13NO/c12-11-7-8-3-1-2-4-9(8)10(11)5-6-13/h1-4,6,10-11H,5,7,12H2. The van der Waals surface area contributed by atoms with E-state index in [1.165, 1.54) is 11.1 Å². The summed E-state index contributed by atoms with van der Waals surface area (Å²) in [7, 11) is 0. The Morgan fingerprint density at radius 3 is 3.00 bits per heavy atom. The van der Waals surface area contributed by atoms with Crippen LogP contribution in [-0.2, 0) is 11.2 Å². The largest absolute Gasteiger partial charge is 0.327 e. The van der Waals surface area contributed by atoms with Gasteiger partial charge >= 0.3 is 0 Å². The van der Waals surface area contributed by atoms with Gasteiger partial charge in [0.1, 0.15) is 6.29 Å². The van der Waals surface area contributed by atoms with Crippen LogP contribution in [0.25, 0.3) is 0 Å². The van der Waals surface area contributed by atoms with E-state index in [2.05, 4.69) is 12.1 Å². The Balaban J connectivity index is 2.34. The van der Waals surface area contributed by atoms with Gasteiger partial charge in [0.15, 0.2) is 0 Å². The van der Waals surface area contributed by atoms with Crippen LogP contribution in [0.4, 0.5) is 0 Å². The summed E-state index contributed by atoms with van der Waals surface area (Å²) in [5.41, 5.74) is 8.53. The molecule has 2 rings (SSSR count). The van der Waals surface area contributed by atoms with Crippen molar-refractivity contribution in [3.05, 3.63) is 35.4 Å². The summed E-state index contributed by atoms with van der Waals surface area (Å²) in [6.45, 7) is 0. The first-order valence-corrected chi connectivity index (χ1v) is 4.60. The van der Waals surface area contributed by atoms with Gasteiger partial charge in [0, 0.05) is 18.4 Å². The highest BCUT2D eigenvalue weighted by atomic mass is 16.1. The topological polar surface area (TPSA) is 43.1 Å². The lowest BCUT2D eigenvalue weighted by atomic mass is 9.96. The predicted octanol–water partition coefficient (Wildman–Crippen LogP) is 1.24. The molecule has 0 aromatic heterocycles. The second-order valence-corrected chi connectivity index (χ2v) is 3.58. The SMILES string of the molecule is NC1Cc2ccccc2C1CC=O. The van der Waals surface area contributed by atoms with Crippen molar-refractivity contribution in [2.24, 2.45) is 5.73 Å². The molecule has 0 heterocycles. The molecule has 1 aliphatic rings. The number of carbonyl (C=O) groups excluding carboxylic acids is 1. The second kappa shape index (κ2) is 3.30. The molecule has 2 heteroatoms. The van der Waals surface area contributed by atoms with E-state index in [1.807, 2.05) is 12.1 Å². The highest BCUT2D eigenvalue weighted by Crippen LogP contribution is 2.33. The second-order valence-electron chi connectivity index (χ2n) is 3.58. The van der Waals surface area contributed by atoms with Crippen LogP contribution in [0, 0.1) is 0 Å². The van der Waals surface area contributed by atoms with Crippen molar-refractivity contribution in [3.8, 4) is 0 Å². The Bertz CT molecular complexity index is 322. The molecule has 0 saturated carbocycles. The minimum absolute atomic E-state index is 0.127. The number of rotatable bonds is 2. The molecular formula is C11H13NO. The highest BCUT2D eigenvalue weighted by Gasteiger charge is 2.28. The third kappa shape index (κ3) is 1.38. The number of benzene rings is 1. The fourth-order valence-corrected chi connectivity index (χ4v) is 2.11. The molecule has 0 amide bonds. The molecule has 0 saturated heterocycles. The van der Waals surface area contributed by atoms with Crippen molar-refractivity contribution < 1.29 is 4.79 Å². The lowest BCUT2D eigenvalue weighted by Gasteiger charge is -2.12. The smallest absolute Gasteiger partial charge is 0.120 e. The normalized spacial score (nSPS) is 25.6. The van der Waals surface area contributed by atoms with Crippen molar-refractivity contribution in [1.29, 1.82) is 0 Å². The maximum absolute atomic E-state index is 10.5. The number of nitrogens with two attached hydrogens (primary N) is 1. The molecule has 2 atom stereocenters. The van der Waals surface area contributed by atoms with Gasteiger partial charge in [0.25, 0.3) is 0 Å². The first kappa shape index (κ1) is 8.45. The first-order chi connectivity index (χ1) is 6.33. The third-order valence-electron chi connectivity index (χ3n) is 2.78. The van der Waals surface area contributed by atoms with Gasteiger partial charge < -0.3 is 10.5 Å². The molecule has 1 aromatic carbocycles. The minimum Gasteiger partial charge on any atom is -0.327 e. The summed E-state index contributed by atoms with van der Waals surface area (Å²) in [5, 5.41) is 0.